The Labute approximate surface area is 169 Å². The van der Waals surface area contributed by atoms with Crippen LogP contribution in [0.1, 0.15) is 10.4 Å². The van der Waals surface area contributed by atoms with Gasteiger partial charge in [-0.05, 0) is 48.5 Å². The number of anilines is 1. The third-order valence-corrected chi connectivity index (χ3v) is 3.95. The summed E-state index contributed by atoms with van der Waals surface area (Å²) in [6, 6.07) is 15.7. The molecule has 1 N–H and O–H groups in total. The van der Waals surface area contributed by atoms with Crippen molar-refractivity contribution in [3.8, 4) is 23.0 Å². The minimum atomic E-state index is -0.245. The van der Waals surface area contributed by atoms with Crippen LogP contribution in [0, 0.1) is 0 Å². The molecule has 1 amide bonds. The molecule has 29 heavy (non-hydrogen) atoms. The van der Waals surface area contributed by atoms with Gasteiger partial charge in [0.15, 0.2) is 11.5 Å². The van der Waals surface area contributed by atoms with Crippen molar-refractivity contribution < 1.29 is 23.7 Å². The second-order valence-electron chi connectivity index (χ2n) is 5.98. The molecule has 1 heterocycles. The molecule has 0 radical (unpaired) electrons. The van der Waals surface area contributed by atoms with Crippen molar-refractivity contribution in [1.82, 2.24) is 4.98 Å². The zero-order chi connectivity index (χ0) is 20.5. The molecule has 1 aromatic heterocycles. The van der Waals surface area contributed by atoms with Crippen molar-refractivity contribution >= 4 is 11.6 Å². The highest BCUT2D eigenvalue weighted by atomic mass is 16.5. The molecule has 0 atom stereocenters. The fraction of sp³-hybridized carbons (Fsp3) is 0.182. The Morgan fingerprint density at radius 1 is 0.966 bits per heavy atom. The Kier molecular flexibility index (Phi) is 7.02. The minimum absolute atomic E-state index is 0.245. The number of nitrogens with zero attached hydrogens (tertiary/aromatic N) is 1. The van der Waals surface area contributed by atoms with Crippen molar-refractivity contribution in [1.29, 1.82) is 0 Å². The topological polar surface area (TPSA) is 78.9 Å². The maximum Gasteiger partial charge on any atom is 0.255 e. The van der Waals surface area contributed by atoms with Gasteiger partial charge in [0, 0.05) is 30.6 Å². The highest BCUT2D eigenvalue weighted by molar-refractivity contribution is 6.04. The van der Waals surface area contributed by atoms with Crippen LogP contribution in [0.3, 0.4) is 0 Å². The highest BCUT2D eigenvalue weighted by Gasteiger charge is 2.10. The third-order valence-electron chi connectivity index (χ3n) is 3.95. The van der Waals surface area contributed by atoms with Crippen molar-refractivity contribution in [3.05, 3.63) is 72.6 Å². The van der Waals surface area contributed by atoms with Crippen molar-refractivity contribution in [2.75, 3.05) is 32.8 Å². The van der Waals surface area contributed by atoms with E-state index in [1.807, 2.05) is 6.07 Å². The predicted molar refractivity (Wildman–Crippen MR) is 109 cm³/mol. The van der Waals surface area contributed by atoms with E-state index in [1.54, 1.807) is 75.1 Å². The number of rotatable bonds is 9. The number of methoxy groups -OCH3 is 2. The van der Waals surface area contributed by atoms with Gasteiger partial charge in [0.05, 0.1) is 19.9 Å². The summed E-state index contributed by atoms with van der Waals surface area (Å²) in [4.78, 5) is 16.6. The van der Waals surface area contributed by atoms with Crippen LogP contribution in [0.15, 0.2) is 67.0 Å². The zero-order valence-electron chi connectivity index (χ0n) is 16.3. The number of nitrogens with one attached hydrogen (secondary N) is 1. The van der Waals surface area contributed by atoms with Gasteiger partial charge < -0.3 is 24.3 Å². The Morgan fingerprint density at radius 2 is 1.79 bits per heavy atom. The maximum absolute atomic E-state index is 12.6. The summed E-state index contributed by atoms with van der Waals surface area (Å²) < 4.78 is 21.6. The lowest BCUT2D eigenvalue weighted by atomic mass is 10.2. The molecule has 0 unspecified atom stereocenters. The number of aromatic nitrogens is 1. The first-order valence-electron chi connectivity index (χ1n) is 8.98. The number of hydrogen-bond donors (Lipinski definition) is 1. The van der Waals surface area contributed by atoms with Gasteiger partial charge in [-0.25, -0.2) is 0 Å². The van der Waals surface area contributed by atoms with Crippen LogP contribution in [0.2, 0.25) is 0 Å². The largest absolute Gasteiger partial charge is 0.493 e. The van der Waals surface area contributed by atoms with E-state index in [4.69, 9.17) is 18.9 Å². The van der Waals surface area contributed by atoms with Crippen LogP contribution >= 0.6 is 0 Å². The SMILES string of the molecule is COCCOc1cc(NC(=O)c2ccc(Oc3cccnc3)cc2)ccc1OC. The molecule has 0 bridgehead atoms. The van der Waals surface area contributed by atoms with Gasteiger partial charge in [-0.15, -0.1) is 0 Å². The van der Waals surface area contributed by atoms with E-state index < -0.39 is 0 Å². The summed E-state index contributed by atoms with van der Waals surface area (Å²) >= 11 is 0. The summed E-state index contributed by atoms with van der Waals surface area (Å²) in [5.74, 6) is 2.11. The average molecular weight is 394 g/mol. The van der Waals surface area contributed by atoms with Crippen LogP contribution in [0.25, 0.3) is 0 Å². The highest BCUT2D eigenvalue weighted by Crippen LogP contribution is 2.30. The second-order valence-corrected chi connectivity index (χ2v) is 5.98. The lowest BCUT2D eigenvalue weighted by Gasteiger charge is -2.13. The monoisotopic (exact) mass is 394 g/mol. The normalized spacial score (nSPS) is 10.3. The standard InChI is InChI=1S/C22H22N2O5/c1-26-12-13-28-21-14-17(7-10-20(21)27-2)24-22(25)16-5-8-18(9-6-16)29-19-4-3-11-23-15-19/h3-11,14-15H,12-13H2,1-2H3,(H,24,25). The molecule has 0 saturated heterocycles. The molecular weight excluding hydrogens is 372 g/mol. The second kappa shape index (κ2) is 10.1. The van der Waals surface area contributed by atoms with Crippen LogP contribution in [-0.4, -0.2) is 38.3 Å². The molecule has 0 spiro atoms. The molecule has 3 rings (SSSR count). The lowest BCUT2D eigenvalue weighted by Crippen LogP contribution is -2.12. The summed E-state index contributed by atoms with van der Waals surface area (Å²) in [6.45, 7) is 0.829. The van der Waals surface area contributed by atoms with Gasteiger partial charge in [-0.3, -0.25) is 9.78 Å². The van der Waals surface area contributed by atoms with E-state index in [0.29, 0.717) is 47.5 Å². The predicted octanol–water partition coefficient (Wildman–Crippen LogP) is 4.16. The first kappa shape index (κ1) is 20.2. The number of ether oxygens (including phenoxy) is 4. The van der Waals surface area contributed by atoms with Crippen molar-refractivity contribution in [3.63, 3.8) is 0 Å². The summed E-state index contributed by atoms with van der Waals surface area (Å²) in [7, 11) is 3.16. The number of hydrogen-bond acceptors (Lipinski definition) is 6. The Bertz CT molecular complexity index is 930. The number of benzene rings is 2. The van der Waals surface area contributed by atoms with Crippen molar-refractivity contribution in [2.24, 2.45) is 0 Å². The number of amides is 1. The molecule has 0 fully saturated rings. The van der Waals surface area contributed by atoms with Gasteiger partial charge in [-0.1, -0.05) is 0 Å². The van der Waals surface area contributed by atoms with Gasteiger partial charge in [0.1, 0.15) is 18.1 Å². The lowest BCUT2D eigenvalue weighted by molar-refractivity contribution is 0.102. The van der Waals surface area contributed by atoms with Gasteiger partial charge in [0.2, 0.25) is 0 Å². The number of pyridine rings is 1. The summed E-state index contributed by atoms with van der Waals surface area (Å²) in [5, 5.41) is 2.85. The van der Waals surface area contributed by atoms with Gasteiger partial charge in [0.25, 0.3) is 5.91 Å². The quantitative estimate of drug-likeness (QED) is 0.549. The van der Waals surface area contributed by atoms with Crippen LogP contribution < -0.4 is 19.5 Å². The van der Waals surface area contributed by atoms with Crippen molar-refractivity contribution in [2.45, 2.75) is 0 Å². The smallest absolute Gasteiger partial charge is 0.255 e. The molecule has 0 aliphatic carbocycles. The third kappa shape index (κ3) is 5.70. The molecule has 2 aromatic carbocycles. The molecule has 150 valence electrons. The van der Waals surface area contributed by atoms with E-state index in [0.717, 1.165) is 0 Å². The Balaban J connectivity index is 1.65. The minimum Gasteiger partial charge on any atom is -0.493 e. The average Bonchev–Trinajstić information content (AvgIpc) is 2.75. The van der Waals surface area contributed by atoms with Crippen LogP contribution in [0.5, 0.6) is 23.0 Å². The van der Waals surface area contributed by atoms with E-state index in [2.05, 4.69) is 10.3 Å². The Morgan fingerprint density at radius 3 is 2.48 bits per heavy atom. The van der Waals surface area contributed by atoms with E-state index in [9.17, 15) is 4.79 Å². The van der Waals surface area contributed by atoms with E-state index >= 15 is 0 Å². The number of carbonyl (C=O) groups is 1. The van der Waals surface area contributed by atoms with Crippen LogP contribution in [0.4, 0.5) is 5.69 Å². The zero-order valence-corrected chi connectivity index (χ0v) is 16.3. The van der Waals surface area contributed by atoms with E-state index in [1.165, 1.54) is 0 Å². The molecule has 7 heteroatoms. The first-order valence-corrected chi connectivity index (χ1v) is 8.98. The fourth-order valence-electron chi connectivity index (χ4n) is 2.52. The van der Waals surface area contributed by atoms with E-state index in [-0.39, 0.29) is 5.91 Å². The summed E-state index contributed by atoms with van der Waals surface area (Å²) in [6.07, 6.45) is 3.30. The maximum atomic E-state index is 12.6. The molecule has 0 aliphatic rings. The molecule has 0 aliphatic heterocycles. The first-order chi connectivity index (χ1) is 14.2. The Hall–Kier alpha value is -3.58. The van der Waals surface area contributed by atoms with Crippen LogP contribution in [-0.2, 0) is 4.74 Å². The molecular formula is C22H22N2O5. The molecule has 0 saturated carbocycles. The molecule has 3 aromatic rings. The van der Waals surface area contributed by atoms with Gasteiger partial charge in [-0.2, -0.15) is 0 Å². The molecule has 7 nitrogen and oxygen atoms in total. The van der Waals surface area contributed by atoms with Gasteiger partial charge >= 0.3 is 0 Å². The fourth-order valence-corrected chi connectivity index (χ4v) is 2.52. The summed E-state index contributed by atoms with van der Waals surface area (Å²) in [5.41, 5.74) is 1.10. The number of carbonyl (C=O) groups excluding carboxylic acids is 1.